The Morgan fingerprint density at radius 3 is 2.00 bits per heavy atom. The Balaban J connectivity index is -0.000000107. The van der Waals surface area contributed by atoms with Crippen LogP contribution in [-0.4, -0.2) is 43.6 Å². The topological polar surface area (TPSA) is 43.4 Å². The Morgan fingerprint density at radius 2 is 1.90 bits per heavy atom. The van der Waals surface area contributed by atoms with Gasteiger partial charge < -0.3 is 2.85 Å². The van der Waals surface area contributed by atoms with Crippen molar-refractivity contribution in [3.8, 4) is 0 Å². The van der Waals surface area contributed by atoms with Crippen LogP contribution in [0.25, 0.3) is 0 Å². The molecule has 3 nitrogen and oxygen atoms in total. The van der Waals surface area contributed by atoms with E-state index in [1.54, 1.807) is 0 Å². The molecule has 60 valence electrons. The summed E-state index contributed by atoms with van der Waals surface area (Å²) in [5.41, 5.74) is 0. The fraction of sp³-hybridized carbons (Fsp3) is 1.00. The minimum atomic E-state index is -4.64. The second-order valence-corrected chi connectivity index (χ2v) is 2.75. The van der Waals surface area contributed by atoms with E-state index < -0.39 is 22.3 Å². The Bertz CT molecular complexity index is 174. The van der Waals surface area contributed by atoms with Gasteiger partial charge in [-0.2, -0.15) is 8.42 Å². The Labute approximate surface area is 74.7 Å². The number of rotatable bonds is 3. The van der Waals surface area contributed by atoms with Gasteiger partial charge in [0.15, 0.2) is 0 Å². The summed E-state index contributed by atoms with van der Waals surface area (Å²) >= 11 is 0. The molecule has 0 unspecified atom stereocenters. The monoisotopic (exact) mass is 190 g/mol. The summed E-state index contributed by atoms with van der Waals surface area (Å²) in [6, 6.07) is 0. The molecule has 0 bridgehead atoms. The molecular weight excluding hydrogens is 185 g/mol. The molecule has 0 radical (unpaired) electrons. The summed E-state index contributed by atoms with van der Waals surface area (Å²) in [4.78, 5) is 0. The molecule has 0 saturated heterocycles. The van der Waals surface area contributed by atoms with Gasteiger partial charge in [-0.25, -0.2) is 8.78 Å². The van der Waals surface area contributed by atoms with Gasteiger partial charge in [-0.05, 0) is 4.53 Å². The molecule has 0 amide bonds. The maximum Gasteiger partial charge on any atom is 2.00 e. The minimum Gasteiger partial charge on any atom is -1.00 e. The van der Waals surface area contributed by atoms with Crippen LogP contribution >= 0.6 is 0 Å². The fourth-order valence-corrected chi connectivity index (χ4v) is 0.540. The molecule has 0 spiro atoms. The molecule has 0 rings (SSSR count). The van der Waals surface area contributed by atoms with Gasteiger partial charge in [0.2, 0.25) is 0 Å². The summed E-state index contributed by atoms with van der Waals surface area (Å²) in [5, 5.41) is 0. The first-order chi connectivity index (χ1) is 3.98. The molecule has 0 saturated carbocycles. The third kappa shape index (κ3) is 6.58. The molecule has 0 aliphatic rings. The van der Waals surface area contributed by atoms with Gasteiger partial charge in [0.1, 0.15) is 5.75 Å². The van der Waals surface area contributed by atoms with Gasteiger partial charge in [0.05, 0.1) is 0 Å². The second-order valence-electron chi connectivity index (χ2n) is 1.18. The molecule has 0 aromatic carbocycles. The molecule has 0 aromatic heterocycles. The van der Waals surface area contributed by atoms with Crippen molar-refractivity contribution in [3.05, 3.63) is 0 Å². The van der Waals surface area contributed by atoms with Crippen molar-refractivity contribution < 1.29 is 29.0 Å². The van der Waals surface area contributed by atoms with E-state index in [4.69, 9.17) is 0 Å². The zero-order valence-electron chi connectivity index (χ0n) is 6.76. The van der Waals surface area contributed by atoms with Gasteiger partial charge in [-0.3, -0.25) is 0 Å². The van der Waals surface area contributed by atoms with Crippen molar-refractivity contribution in [2.24, 2.45) is 0 Å². The second kappa shape index (κ2) is 5.16. The molecule has 10 heavy (non-hydrogen) atoms. The van der Waals surface area contributed by atoms with Crippen LogP contribution in [0.15, 0.2) is 0 Å². The molecular formula is C2H5F3MgO3S. The van der Waals surface area contributed by atoms with Gasteiger partial charge in [-0.1, -0.05) is 4.39 Å². The zero-order chi connectivity index (χ0) is 7.49. The summed E-state index contributed by atoms with van der Waals surface area (Å²) in [6.07, 6.45) is -3.11. The molecule has 0 aliphatic carbocycles. The smallest absolute Gasteiger partial charge is 1.00 e. The number of hydrogen-bond donors (Lipinski definition) is 0. The Morgan fingerprint density at radius 1 is 1.50 bits per heavy atom. The first-order valence-corrected chi connectivity index (χ1v) is 3.37. The average Bonchev–Trinajstić information content (AvgIpc) is 1.63. The third-order valence-electron chi connectivity index (χ3n) is 0.426. The molecule has 0 aromatic rings. The quantitative estimate of drug-likeness (QED) is 0.602. The van der Waals surface area contributed by atoms with Crippen LogP contribution < -0.4 is 0 Å². The Kier molecular flexibility index (Phi) is 6.75. The van der Waals surface area contributed by atoms with Crippen LogP contribution in [0.2, 0.25) is 0 Å². The maximum atomic E-state index is 11.1. The zero-order valence-corrected chi connectivity index (χ0v) is 6.99. The summed E-state index contributed by atoms with van der Waals surface area (Å²) in [5.74, 6) is -1.61. The summed E-state index contributed by atoms with van der Waals surface area (Å²) < 4.78 is 54.6. The van der Waals surface area contributed by atoms with Crippen molar-refractivity contribution in [1.29, 1.82) is 0 Å². The van der Waals surface area contributed by atoms with Crippen LogP contribution in [-0.2, 0) is 14.5 Å². The number of hydrogen-bond acceptors (Lipinski definition) is 3. The van der Waals surface area contributed by atoms with Crippen LogP contribution in [0.3, 0.4) is 0 Å². The standard InChI is InChI=1S/C2H3F3O3S.Mg.2H/c3-2(4)1-9(6,7)8-5;;;/h2H,1H2;;;/q;+2;2*-1. The van der Waals surface area contributed by atoms with Gasteiger partial charge >= 0.3 is 33.2 Å². The first-order valence-electron chi connectivity index (χ1n) is 1.79. The minimum absolute atomic E-state index is 0. The molecule has 0 heterocycles. The molecule has 0 atom stereocenters. The van der Waals surface area contributed by atoms with E-state index in [2.05, 4.69) is 4.39 Å². The number of halogens is 3. The average molecular weight is 190 g/mol. The largest absolute Gasteiger partial charge is 2.00 e. The molecule has 8 heteroatoms. The summed E-state index contributed by atoms with van der Waals surface area (Å²) in [7, 11) is -4.64. The van der Waals surface area contributed by atoms with Crippen LogP contribution in [0.5, 0.6) is 0 Å². The van der Waals surface area contributed by atoms with Crippen molar-refractivity contribution in [1.82, 2.24) is 0 Å². The predicted octanol–water partition coefficient (Wildman–Crippen LogP) is 0.327. The predicted molar refractivity (Wildman–Crippen MR) is 30.0 cm³/mol. The van der Waals surface area contributed by atoms with E-state index >= 15 is 0 Å². The van der Waals surface area contributed by atoms with Gasteiger partial charge in [0.25, 0.3) is 6.43 Å². The molecule has 0 aliphatic heterocycles. The van der Waals surface area contributed by atoms with E-state index in [0.29, 0.717) is 0 Å². The van der Waals surface area contributed by atoms with Crippen LogP contribution in [0, 0.1) is 0 Å². The van der Waals surface area contributed by atoms with Gasteiger partial charge in [0, 0.05) is 0 Å². The Hall–Kier alpha value is 0.466. The van der Waals surface area contributed by atoms with Crippen molar-refractivity contribution in [2.45, 2.75) is 6.43 Å². The maximum absolute atomic E-state index is 11.1. The molecule has 0 N–H and O–H groups in total. The molecule has 0 fully saturated rings. The van der Waals surface area contributed by atoms with E-state index in [1.807, 2.05) is 0 Å². The number of alkyl halides is 2. The van der Waals surface area contributed by atoms with Crippen molar-refractivity contribution in [2.75, 3.05) is 5.75 Å². The first kappa shape index (κ1) is 13.1. The van der Waals surface area contributed by atoms with Crippen molar-refractivity contribution in [3.63, 3.8) is 0 Å². The summed E-state index contributed by atoms with van der Waals surface area (Å²) in [6.45, 7) is 0. The van der Waals surface area contributed by atoms with E-state index in [1.165, 1.54) is 0 Å². The third-order valence-corrected chi connectivity index (χ3v) is 1.28. The SMILES string of the molecule is O=S(=O)(CC(F)F)OF.[H-].[H-].[Mg+2]. The van der Waals surface area contributed by atoms with Crippen LogP contribution in [0.1, 0.15) is 2.85 Å². The van der Waals surface area contributed by atoms with Gasteiger partial charge in [-0.15, -0.1) is 0 Å². The van der Waals surface area contributed by atoms with E-state index in [9.17, 15) is 21.7 Å². The van der Waals surface area contributed by atoms with Crippen molar-refractivity contribution >= 4 is 33.2 Å². The van der Waals surface area contributed by atoms with Crippen LogP contribution in [0.4, 0.5) is 13.3 Å². The normalized spacial score (nSPS) is 11.2. The van der Waals surface area contributed by atoms with E-state index in [-0.39, 0.29) is 25.9 Å². The van der Waals surface area contributed by atoms with E-state index in [0.717, 1.165) is 0 Å². The fourth-order valence-electron chi connectivity index (χ4n) is 0.180.